The van der Waals surface area contributed by atoms with Crippen LogP contribution < -0.4 is 10.6 Å². The molecule has 0 spiro atoms. The Kier molecular flexibility index (Phi) is 4.43. The van der Waals surface area contributed by atoms with E-state index in [-0.39, 0.29) is 17.7 Å². The molecule has 0 fully saturated rings. The molecule has 1 aliphatic heterocycles. The lowest BCUT2D eigenvalue weighted by molar-refractivity contribution is -0.121. The number of benzene rings is 1. The number of hydrogen-bond donors (Lipinski definition) is 1. The smallest absolute Gasteiger partial charge is 0.237 e. The molecule has 0 aliphatic carbocycles. The van der Waals surface area contributed by atoms with E-state index in [0.29, 0.717) is 10.9 Å². The van der Waals surface area contributed by atoms with Gasteiger partial charge in [0.2, 0.25) is 5.91 Å². The van der Waals surface area contributed by atoms with Crippen LogP contribution in [0.1, 0.15) is 26.3 Å². The first kappa shape index (κ1) is 15.0. The summed E-state index contributed by atoms with van der Waals surface area (Å²) in [5, 5.41) is 0. The highest BCUT2D eigenvalue weighted by Gasteiger charge is 2.33. The molecule has 2 atom stereocenters. The van der Waals surface area contributed by atoms with E-state index in [1.165, 1.54) is 5.56 Å². The van der Waals surface area contributed by atoms with Gasteiger partial charge >= 0.3 is 0 Å². The molecule has 0 radical (unpaired) electrons. The van der Waals surface area contributed by atoms with Crippen LogP contribution in [0.5, 0.6) is 0 Å². The van der Waals surface area contributed by atoms with E-state index >= 15 is 0 Å². The van der Waals surface area contributed by atoms with Crippen molar-refractivity contribution >= 4 is 28.8 Å². The summed E-state index contributed by atoms with van der Waals surface area (Å²) in [5.74, 6) is 0.215. The fraction of sp³-hybridized carbons (Fsp3) is 0.500. The minimum atomic E-state index is -0.386. The van der Waals surface area contributed by atoms with Crippen LogP contribution in [0.2, 0.25) is 0 Å². The number of thiocarbonyl (C=S) groups is 1. The molecule has 2 N–H and O–H groups in total. The van der Waals surface area contributed by atoms with Crippen molar-refractivity contribution in [2.24, 2.45) is 23.5 Å². The van der Waals surface area contributed by atoms with E-state index in [4.69, 9.17) is 18.0 Å². The number of carbonyl (C=O) groups is 1. The third-order valence-corrected chi connectivity index (χ3v) is 4.10. The summed E-state index contributed by atoms with van der Waals surface area (Å²) in [6, 6.07) is 8.10. The molecular weight excluding hydrogens is 268 g/mol. The molecule has 1 amide bonds. The lowest BCUT2D eigenvalue weighted by Gasteiger charge is -2.36. The third-order valence-electron chi connectivity index (χ3n) is 3.85. The molecule has 0 saturated carbocycles. The van der Waals surface area contributed by atoms with E-state index < -0.39 is 0 Å². The van der Waals surface area contributed by atoms with Gasteiger partial charge in [0.15, 0.2) is 0 Å². The van der Waals surface area contributed by atoms with Gasteiger partial charge in [0.05, 0.1) is 10.9 Å². The Morgan fingerprint density at radius 2 is 2.05 bits per heavy atom. The highest BCUT2D eigenvalue weighted by molar-refractivity contribution is 7.80. The van der Waals surface area contributed by atoms with Gasteiger partial charge in [-0.25, -0.2) is 0 Å². The third kappa shape index (κ3) is 2.85. The number of fused-ring (bicyclic) bond motifs is 1. The maximum absolute atomic E-state index is 12.8. The Hall–Kier alpha value is -1.42. The van der Waals surface area contributed by atoms with Gasteiger partial charge in [0, 0.05) is 12.2 Å². The van der Waals surface area contributed by atoms with E-state index in [2.05, 4.69) is 13.0 Å². The van der Waals surface area contributed by atoms with Gasteiger partial charge in [-0.15, -0.1) is 0 Å². The van der Waals surface area contributed by atoms with E-state index in [9.17, 15) is 4.79 Å². The monoisotopic (exact) mass is 290 g/mol. The number of hydrogen-bond acceptors (Lipinski definition) is 2. The summed E-state index contributed by atoms with van der Waals surface area (Å²) in [5.41, 5.74) is 8.02. The van der Waals surface area contributed by atoms with Crippen LogP contribution in [0.15, 0.2) is 24.3 Å². The standard InChI is InChI=1S/C16H22N2OS/c1-10(2)14(15(17)20)16(19)18-9-11(3)8-12-6-4-5-7-13(12)18/h4-7,10-11,14H,8-9H2,1-3H3,(H2,17,20). The Morgan fingerprint density at radius 3 is 2.65 bits per heavy atom. The average molecular weight is 290 g/mol. The average Bonchev–Trinajstić information content (AvgIpc) is 2.36. The van der Waals surface area contributed by atoms with Crippen molar-refractivity contribution in [3.05, 3.63) is 29.8 Å². The zero-order chi connectivity index (χ0) is 14.9. The van der Waals surface area contributed by atoms with Crippen molar-refractivity contribution in [1.29, 1.82) is 0 Å². The predicted octanol–water partition coefficient (Wildman–Crippen LogP) is 2.77. The number of para-hydroxylation sites is 1. The first-order valence-electron chi connectivity index (χ1n) is 7.10. The molecule has 1 heterocycles. The van der Waals surface area contributed by atoms with Crippen LogP contribution in [-0.4, -0.2) is 17.4 Å². The highest BCUT2D eigenvalue weighted by atomic mass is 32.1. The topological polar surface area (TPSA) is 46.3 Å². The number of nitrogens with zero attached hydrogens (tertiary/aromatic N) is 1. The molecule has 1 aliphatic rings. The molecule has 3 nitrogen and oxygen atoms in total. The normalized spacial score (nSPS) is 19.6. The molecule has 4 heteroatoms. The van der Waals surface area contributed by atoms with Crippen molar-refractivity contribution in [2.75, 3.05) is 11.4 Å². The summed E-state index contributed by atoms with van der Waals surface area (Å²) < 4.78 is 0. The van der Waals surface area contributed by atoms with E-state index in [1.807, 2.05) is 36.9 Å². The summed E-state index contributed by atoms with van der Waals surface area (Å²) in [7, 11) is 0. The zero-order valence-electron chi connectivity index (χ0n) is 12.3. The minimum absolute atomic E-state index is 0.0338. The molecule has 0 aromatic heterocycles. The van der Waals surface area contributed by atoms with Crippen LogP contribution >= 0.6 is 12.2 Å². The van der Waals surface area contributed by atoms with Crippen molar-refractivity contribution in [1.82, 2.24) is 0 Å². The summed E-state index contributed by atoms with van der Waals surface area (Å²) in [4.78, 5) is 15.0. The number of carbonyl (C=O) groups excluding carboxylic acids is 1. The first-order chi connectivity index (χ1) is 9.41. The molecule has 20 heavy (non-hydrogen) atoms. The Labute approximate surface area is 126 Å². The first-order valence-corrected chi connectivity index (χ1v) is 7.51. The van der Waals surface area contributed by atoms with Crippen molar-refractivity contribution in [2.45, 2.75) is 27.2 Å². The Morgan fingerprint density at radius 1 is 1.40 bits per heavy atom. The van der Waals surface area contributed by atoms with Crippen LogP contribution in [0, 0.1) is 17.8 Å². The summed E-state index contributed by atoms with van der Waals surface area (Å²) in [6.45, 7) is 6.88. The molecule has 108 valence electrons. The maximum atomic E-state index is 12.8. The van der Waals surface area contributed by atoms with Gasteiger partial charge in [-0.1, -0.05) is 51.2 Å². The molecule has 1 aromatic rings. The number of anilines is 1. The lowest BCUT2D eigenvalue weighted by Crippen LogP contribution is -2.47. The van der Waals surface area contributed by atoms with E-state index in [1.54, 1.807) is 0 Å². The predicted molar refractivity (Wildman–Crippen MR) is 86.8 cm³/mol. The molecule has 2 unspecified atom stereocenters. The van der Waals surface area contributed by atoms with Gasteiger partial charge in [-0.05, 0) is 29.9 Å². The van der Waals surface area contributed by atoms with Gasteiger partial charge in [-0.2, -0.15) is 0 Å². The van der Waals surface area contributed by atoms with Crippen LogP contribution in [0.4, 0.5) is 5.69 Å². The fourth-order valence-corrected chi connectivity index (χ4v) is 3.28. The second kappa shape index (κ2) is 5.92. The quantitative estimate of drug-likeness (QED) is 0.871. The van der Waals surface area contributed by atoms with Crippen LogP contribution in [0.25, 0.3) is 0 Å². The zero-order valence-corrected chi connectivity index (χ0v) is 13.1. The Balaban J connectivity index is 2.37. The largest absolute Gasteiger partial charge is 0.393 e. The van der Waals surface area contributed by atoms with Gasteiger partial charge in [0.1, 0.15) is 0 Å². The second-order valence-corrected chi connectivity index (χ2v) is 6.48. The SMILES string of the molecule is CC1Cc2ccccc2N(C(=O)C(C(N)=S)C(C)C)C1. The molecule has 0 saturated heterocycles. The Bertz CT molecular complexity index is 527. The minimum Gasteiger partial charge on any atom is -0.393 e. The van der Waals surface area contributed by atoms with Crippen molar-refractivity contribution in [3.63, 3.8) is 0 Å². The van der Waals surface area contributed by atoms with Gasteiger partial charge in [0.25, 0.3) is 0 Å². The summed E-state index contributed by atoms with van der Waals surface area (Å²) in [6.07, 6.45) is 1.01. The maximum Gasteiger partial charge on any atom is 0.237 e. The lowest BCUT2D eigenvalue weighted by atomic mass is 9.89. The van der Waals surface area contributed by atoms with Gasteiger partial charge in [-0.3, -0.25) is 4.79 Å². The van der Waals surface area contributed by atoms with E-state index in [0.717, 1.165) is 18.7 Å². The number of rotatable bonds is 3. The van der Waals surface area contributed by atoms with Crippen molar-refractivity contribution in [3.8, 4) is 0 Å². The second-order valence-electron chi connectivity index (χ2n) is 6.01. The van der Waals surface area contributed by atoms with Crippen molar-refractivity contribution < 1.29 is 4.79 Å². The molecule has 0 bridgehead atoms. The molecule has 2 rings (SSSR count). The number of nitrogens with two attached hydrogens (primary N) is 1. The molecular formula is C16H22N2OS. The van der Waals surface area contributed by atoms with Crippen LogP contribution in [0.3, 0.4) is 0 Å². The van der Waals surface area contributed by atoms with Crippen LogP contribution in [-0.2, 0) is 11.2 Å². The summed E-state index contributed by atoms with van der Waals surface area (Å²) >= 11 is 5.10. The number of amides is 1. The highest BCUT2D eigenvalue weighted by Crippen LogP contribution is 2.31. The molecule has 1 aromatic carbocycles. The van der Waals surface area contributed by atoms with Gasteiger partial charge < -0.3 is 10.6 Å². The fourth-order valence-electron chi connectivity index (χ4n) is 2.91.